The third kappa shape index (κ3) is 4.00. The van der Waals surface area contributed by atoms with Crippen LogP contribution >= 0.6 is 11.3 Å². The number of nitrogens with one attached hydrogen (secondary N) is 2. The molecule has 0 aliphatic carbocycles. The van der Waals surface area contributed by atoms with E-state index in [1.165, 1.54) is 11.3 Å². The summed E-state index contributed by atoms with van der Waals surface area (Å²) in [6, 6.07) is 2.06. The molecule has 0 aliphatic rings. The molecule has 0 bridgehead atoms. The maximum absolute atomic E-state index is 11.9. The number of nitrogen functional groups attached to an aromatic ring is 1. The van der Waals surface area contributed by atoms with Crippen molar-refractivity contribution in [3.05, 3.63) is 23.1 Å². The van der Waals surface area contributed by atoms with Gasteiger partial charge in [-0.2, -0.15) is 5.26 Å². The molecular formula is C14H20N4OS. The van der Waals surface area contributed by atoms with Crippen molar-refractivity contribution in [3.8, 4) is 6.07 Å². The predicted molar refractivity (Wildman–Crippen MR) is 84.0 cm³/mol. The summed E-state index contributed by atoms with van der Waals surface area (Å²) in [6.07, 6.45) is 4.88. The second kappa shape index (κ2) is 8.23. The summed E-state index contributed by atoms with van der Waals surface area (Å²) in [4.78, 5) is 12.3. The van der Waals surface area contributed by atoms with Crippen LogP contribution in [0.1, 0.15) is 41.4 Å². The number of carbonyl (C=O) groups is 1. The Morgan fingerprint density at radius 3 is 2.90 bits per heavy atom. The molecule has 6 heteroatoms. The Morgan fingerprint density at radius 1 is 1.55 bits per heavy atom. The van der Waals surface area contributed by atoms with Gasteiger partial charge in [0, 0.05) is 13.1 Å². The molecule has 0 unspecified atom stereocenters. The highest BCUT2D eigenvalue weighted by Crippen LogP contribution is 2.35. The van der Waals surface area contributed by atoms with Crippen molar-refractivity contribution in [1.82, 2.24) is 5.32 Å². The van der Waals surface area contributed by atoms with Crippen molar-refractivity contribution < 1.29 is 4.79 Å². The Labute approximate surface area is 123 Å². The van der Waals surface area contributed by atoms with Crippen molar-refractivity contribution in [3.63, 3.8) is 0 Å². The molecule has 0 atom stereocenters. The molecule has 0 fully saturated rings. The minimum Gasteiger partial charge on any atom is -0.396 e. The van der Waals surface area contributed by atoms with E-state index in [1.54, 1.807) is 6.08 Å². The van der Waals surface area contributed by atoms with Crippen molar-refractivity contribution in [2.24, 2.45) is 0 Å². The van der Waals surface area contributed by atoms with E-state index in [2.05, 4.69) is 30.2 Å². The third-order valence-electron chi connectivity index (χ3n) is 2.74. The summed E-state index contributed by atoms with van der Waals surface area (Å²) >= 11 is 1.22. The number of nitrogens with zero attached hydrogens (tertiary/aromatic N) is 1. The number of rotatable bonds is 8. The zero-order valence-corrected chi connectivity index (χ0v) is 12.5. The minimum absolute atomic E-state index is 0.247. The van der Waals surface area contributed by atoms with Gasteiger partial charge < -0.3 is 16.4 Å². The molecule has 0 aromatic carbocycles. The second-order valence-corrected chi connectivity index (χ2v) is 5.31. The highest BCUT2D eigenvalue weighted by Gasteiger charge is 2.20. The van der Waals surface area contributed by atoms with Gasteiger partial charge in [0.05, 0.1) is 5.69 Å². The SMILES string of the molecule is C=CCNC(=O)c1sc(NCCCCC)c(C#N)c1N. The van der Waals surface area contributed by atoms with Gasteiger partial charge in [0.1, 0.15) is 21.5 Å². The summed E-state index contributed by atoms with van der Waals surface area (Å²) in [5.41, 5.74) is 6.48. The predicted octanol–water partition coefficient (Wildman–Crippen LogP) is 2.72. The van der Waals surface area contributed by atoms with Gasteiger partial charge in [-0.15, -0.1) is 17.9 Å². The Balaban J connectivity index is 2.83. The van der Waals surface area contributed by atoms with Crippen molar-refractivity contribution in [1.29, 1.82) is 5.26 Å². The van der Waals surface area contributed by atoms with Gasteiger partial charge in [-0.3, -0.25) is 4.79 Å². The normalized spacial score (nSPS) is 9.80. The first-order valence-electron chi connectivity index (χ1n) is 6.61. The fourth-order valence-electron chi connectivity index (χ4n) is 1.67. The van der Waals surface area contributed by atoms with E-state index in [0.717, 1.165) is 25.8 Å². The quantitative estimate of drug-likeness (QED) is 0.507. The average molecular weight is 292 g/mol. The summed E-state index contributed by atoms with van der Waals surface area (Å²) in [5, 5.41) is 15.7. The van der Waals surface area contributed by atoms with Crippen LogP contribution in [-0.4, -0.2) is 19.0 Å². The monoisotopic (exact) mass is 292 g/mol. The number of hydrogen-bond donors (Lipinski definition) is 3. The highest BCUT2D eigenvalue weighted by molar-refractivity contribution is 7.18. The van der Waals surface area contributed by atoms with Crippen LogP contribution in [0.3, 0.4) is 0 Å². The van der Waals surface area contributed by atoms with E-state index in [4.69, 9.17) is 11.0 Å². The molecule has 1 rings (SSSR count). The number of hydrogen-bond acceptors (Lipinski definition) is 5. The molecule has 5 nitrogen and oxygen atoms in total. The van der Waals surface area contributed by atoms with Crippen molar-refractivity contribution >= 4 is 27.9 Å². The molecule has 1 heterocycles. The van der Waals surface area contributed by atoms with Crippen LogP contribution in [0.25, 0.3) is 0 Å². The van der Waals surface area contributed by atoms with Crippen LogP contribution in [0.4, 0.5) is 10.7 Å². The van der Waals surface area contributed by atoms with Crippen LogP contribution < -0.4 is 16.4 Å². The minimum atomic E-state index is -0.273. The number of nitrogens with two attached hydrogens (primary N) is 1. The van der Waals surface area contributed by atoms with Gasteiger partial charge in [0.25, 0.3) is 5.91 Å². The molecule has 1 aromatic rings. The van der Waals surface area contributed by atoms with E-state index in [-0.39, 0.29) is 11.6 Å². The standard InChI is InChI=1S/C14H20N4OS/c1-3-5-6-8-18-14-10(9-15)11(16)12(20-14)13(19)17-7-4-2/h4,18H,2-3,5-8,16H2,1H3,(H,17,19). The van der Waals surface area contributed by atoms with Crippen LogP contribution in [0.2, 0.25) is 0 Å². The lowest BCUT2D eigenvalue weighted by molar-refractivity contribution is 0.0963. The molecule has 1 aromatic heterocycles. The molecule has 0 spiro atoms. The lowest BCUT2D eigenvalue weighted by Gasteiger charge is -2.02. The third-order valence-corrected chi connectivity index (χ3v) is 3.90. The van der Waals surface area contributed by atoms with Crippen LogP contribution in [0.5, 0.6) is 0 Å². The van der Waals surface area contributed by atoms with Gasteiger partial charge in [-0.1, -0.05) is 25.8 Å². The Bertz CT molecular complexity index is 516. The molecule has 4 N–H and O–H groups in total. The Kier molecular flexibility index (Phi) is 6.60. The summed E-state index contributed by atoms with van der Waals surface area (Å²) < 4.78 is 0. The van der Waals surface area contributed by atoms with E-state index in [9.17, 15) is 4.79 Å². The van der Waals surface area contributed by atoms with Gasteiger partial charge in [-0.25, -0.2) is 0 Å². The van der Waals surface area contributed by atoms with Crippen LogP contribution in [-0.2, 0) is 0 Å². The van der Waals surface area contributed by atoms with E-state index >= 15 is 0 Å². The Hall–Kier alpha value is -2.00. The number of thiophene rings is 1. The van der Waals surface area contributed by atoms with Gasteiger partial charge in [0.2, 0.25) is 0 Å². The molecule has 20 heavy (non-hydrogen) atoms. The molecule has 0 saturated carbocycles. The highest BCUT2D eigenvalue weighted by atomic mass is 32.1. The number of carbonyl (C=O) groups excluding carboxylic acids is 1. The fourth-order valence-corrected chi connectivity index (χ4v) is 2.68. The average Bonchev–Trinajstić information content (AvgIpc) is 2.77. The van der Waals surface area contributed by atoms with Gasteiger partial charge in [0.15, 0.2) is 0 Å². The Morgan fingerprint density at radius 2 is 2.30 bits per heavy atom. The van der Waals surface area contributed by atoms with E-state index in [0.29, 0.717) is 22.0 Å². The summed E-state index contributed by atoms with van der Waals surface area (Å²) in [5.74, 6) is -0.273. The number of amides is 1. The van der Waals surface area contributed by atoms with Gasteiger partial charge in [-0.05, 0) is 6.42 Å². The first-order valence-corrected chi connectivity index (χ1v) is 7.42. The van der Waals surface area contributed by atoms with E-state index in [1.807, 2.05) is 0 Å². The van der Waals surface area contributed by atoms with Gasteiger partial charge >= 0.3 is 0 Å². The fraction of sp³-hybridized carbons (Fsp3) is 0.429. The first-order chi connectivity index (χ1) is 9.65. The lowest BCUT2D eigenvalue weighted by Crippen LogP contribution is -2.23. The molecule has 1 amide bonds. The number of nitriles is 1. The van der Waals surface area contributed by atoms with Crippen LogP contribution in [0, 0.1) is 11.3 Å². The molecule has 0 saturated heterocycles. The topological polar surface area (TPSA) is 90.9 Å². The molecule has 108 valence electrons. The first kappa shape index (κ1) is 16.1. The summed E-state index contributed by atoms with van der Waals surface area (Å²) in [6.45, 7) is 6.82. The largest absolute Gasteiger partial charge is 0.396 e. The smallest absolute Gasteiger partial charge is 0.263 e. The van der Waals surface area contributed by atoms with Crippen molar-refractivity contribution in [2.45, 2.75) is 26.2 Å². The van der Waals surface area contributed by atoms with E-state index < -0.39 is 0 Å². The number of unbranched alkanes of at least 4 members (excludes halogenated alkanes) is 2. The molecule has 0 aliphatic heterocycles. The summed E-state index contributed by atoms with van der Waals surface area (Å²) in [7, 11) is 0. The zero-order valence-electron chi connectivity index (χ0n) is 11.7. The second-order valence-electron chi connectivity index (χ2n) is 4.29. The lowest BCUT2D eigenvalue weighted by atomic mass is 10.2. The zero-order chi connectivity index (χ0) is 15.0. The maximum atomic E-state index is 11.9. The van der Waals surface area contributed by atoms with Crippen molar-refractivity contribution in [2.75, 3.05) is 24.1 Å². The van der Waals surface area contributed by atoms with Crippen LogP contribution in [0.15, 0.2) is 12.7 Å². The molecule has 0 radical (unpaired) electrons. The number of anilines is 2. The molecular weight excluding hydrogens is 272 g/mol. The maximum Gasteiger partial charge on any atom is 0.263 e.